The lowest BCUT2D eigenvalue weighted by Crippen LogP contribution is -2.46. The Labute approximate surface area is 182 Å². The van der Waals surface area contributed by atoms with Crippen molar-refractivity contribution in [2.45, 2.75) is 4.90 Å². The number of nitrogens with zero attached hydrogens (tertiary/aromatic N) is 1. The molecule has 3 N–H and O–H groups in total. The number of hydrogen-bond donors (Lipinski definition) is 3. The van der Waals surface area contributed by atoms with Gasteiger partial charge in [0.25, 0.3) is 21.8 Å². The van der Waals surface area contributed by atoms with E-state index in [0.717, 1.165) is 0 Å². The Bertz CT molecular complexity index is 1090. The third-order valence-electron chi connectivity index (χ3n) is 4.00. The van der Waals surface area contributed by atoms with Crippen LogP contribution in [0.3, 0.4) is 0 Å². The summed E-state index contributed by atoms with van der Waals surface area (Å²) in [6.07, 6.45) is 0. The summed E-state index contributed by atoms with van der Waals surface area (Å²) >= 11 is 7.38. The molecule has 1 saturated heterocycles. The minimum atomic E-state index is -3.99. The second kappa shape index (κ2) is 9.37. The smallest absolute Gasteiger partial charge is 0.269 e. The molecular weight excluding hydrogens is 452 g/mol. The van der Waals surface area contributed by atoms with Crippen LogP contribution in [0.5, 0.6) is 0 Å². The molecule has 30 heavy (non-hydrogen) atoms. The lowest BCUT2D eigenvalue weighted by Gasteiger charge is -2.14. The normalized spacial score (nSPS) is 13.8. The third-order valence-corrected chi connectivity index (χ3v) is 6.64. The predicted molar refractivity (Wildman–Crippen MR) is 113 cm³/mol. The molecule has 3 amide bonds. The van der Waals surface area contributed by atoms with Gasteiger partial charge in [-0.2, -0.15) is 0 Å². The first-order valence-electron chi connectivity index (χ1n) is 8.58. The molecule has 0 spiro atoms. The average molecular weight is 469 g/mol. The highest BCUT2D eigenvalue weighted by molar-refractivity contribution is 8.00. The van der Waals surface area contributed by atoms with Crippen molar-refractivity contribution in [1.29, 1.82) is 0 Å². The predicted octanol–water partition coefficient (Wildman–Crippen LogP) is 1.43. The topological polar surface area (TPSA) is 125 Å². The second-order valence-corrected chi connectivity index (χ2v) is 9.23. The molecule has 0 aliphatic carbocycles. The van der Waals surface area contributed by atoms with Gasteiger partial charge in [-0.3, -0.25) is 30.0 Å². The number of hydrogen-bond acceptors (Lipinski definition) is 6. The Morgan fingerprint density at radius 2 is 1.87 bits per heavy atom. The van der Waals surface area contributed by atoms with Crippen LogP contribution in [0.4, 0.5) is 5.69 Å². The van der Waals surface area contributed by atoms with Gasteiger partial charge in [0.05, 0.1) is 27.2 Å². The highest BCUT2D eigenvalue weighted by Gasteiger charge is 2.23. The van der Waals surface area contributed by atoms with E-state index in [-0.39, 0.29) is 33.6 Å². The quantitative estimate of drug-likeness (QED) is 0.551. The lowest BCUT2D eigenvalue weighted by atomic mass is 10.2. The van der Waals surface area contributed by atoms with Crippen LogP contribution >= 0.6 is 23.4 Å². The molecule has 0 atom stereocenters. The van der Waals surface area contributed by atoms with E-state index in [4.69, 9.17) is 11.6 Å². The zero-order valence-corrected chi connectivity index (χ0v) is 17.8. The lowest BCUT2D eigenvalue weighted by molar-refractivity contribution is -0.132. The maximum absolute atomic E-state index is 12.6. The minimum Gasteiger partial charge on any atom is -0.323 e. The number of hydrazine groups is 1. The number of carbonyl (C=O) groups excluding carboxylic acids is 3. The van der Waals surface area contributed by atoms with Gasteiger partial charge in [-0.25, -0.2) is 8.42 Å². The summed E-state index contributed by atoms with van der Waals surface area (Å²) in [5.74, 6) is -0.684. The molecule has 1 fully saturated rings. The fourth-order valence-corrected chi connectivity index (χ4v) is 4.77. The second-order valence-electron chi connectivity index (χ2n) is 6.18. The van der Waals surface area contributed by atoms with Crippen molar-refractivity contribution in [2.75, 3.05) is 22.9 Å². The summed E-state index contributed by atoms with van der Waals surface area (Å²) in [5.41, 5.74) is 4.64. The van der Waals surface area contributed by atoms with E-state index in [1.807, 2.05) is 0 Å². The highest BCUT2D eigenvalue weighted by atomic mass is 35.5. The summed E-state index contributed by atoms with van der Waals surface area (Å²) in [6.45, 7) is -0.178. The van der Waals surface area contributed by atoms with Crippen molar-refractivity contribution in [3.8, 4) is 0 Å². The van der Waals surface area contributed by atoms with Crippen molar-refractivity contribution in [3.63, 3.8) is 0 Å². The van der Waals surface area contributed by atoms with E-state index in [1.165, 1.54) is 47.0 Å². The molecular formula is C18H17ClN4O5S2. The summed E-state index contributed by atoms with van der Waals surface area (Å²) in [6, 6.07) is 11.6. The van der Waals surface area contributed by atoms with Gasteiger partial charge in [0.15, 0.2) is 0 Å². The summed E-state index contributed by atoms with van der Waals surface area (Å²) in [4.78, 5) is 36.9. The number of thioether (sulfide) groups is 1. The Hall–Kier alpha value is -2.76. The van der Waals surface area contributed by atoms with Crippen LogP contribution in [0.25, 0.3) is 0 Å². The monoisotopic (exact) mass is 468 g/mol. The van der Waals surface area contributed by atoms with E-state index in [1.54, 1.807) is 18.2 Å². The van der Waals surface area contributed by atoms with E-state index in [9.17, 15) is 22.8 Å². The first kappa shape index (κ1) is 21.9. The fourth-order valence-electron chi connectivity index (χ4n) is 2.50. The van der Waals surface area contributed by atoms with Crippen LogP contribution < -0.4 is 15.6 Å². The number of amides is 3. The highest BCUT2D eigenvalue weighted by Crippen LogP contribution is 2.24. The molecule has 0 aromatic heterocycles. The number of halogens is 1. The van der Waals surface area contributed by atoms with E-state index in [0.29, 0.717) is 11.6 Å². The standard InChI is InChI=1S/C18H17ClN4O5S2/c19-14-6-1-2-7-15(14)22-30(27,28)13-5-3-4-12(8-13)18(26)21-20-16(24)9-23-11-29-10-17(23)25/h1-8,22H,9-11H2,(H,20,24)(H,21,26). The minimum absolute atomic E-state index is 0.0186. The molecule has 0 saturated carbocycles. The Morgan fingerprint density at radius 1 is 1.10 bits per heavy atom. The van der Waals surface area contributed by atoms with Crippen molar-refractivity contribution in [3.05, 3.63) is 59.1 Å². The van der Waals surface area contributed by atoms with Gasteiger partial charge in [-0.05, 0) is 30.3 Å². The Balaban J connectivity index is 1.64. The fraction of sp³-hybridized carbons (Fsp3) is 0.167. The SMILES string of the molecule is O=C(CN1CSCC1=O)NNC(=O)c1cccc(S(=O)(=O)Nc2ccccc2Cl)c1. The van der Waals surface area contributed by atoms with Crippen molar-refractivity contribution in [1.82, 2.24) is 15.8 Å². The molecule has 1 aliphatic rings. The van der Waals surface area contributed by atoms with Gasteiger partial charge < -0.3 is 4.90 Å². The molecule has 1 aliphatic heterocycles. The molecule has 1 heterocycles. The summed E-state index contributed by atoms with van der Waals surface area (Å²) in [7, 11) is -3.99. The number of rotatable bonds is 6. The molecule has 9 nitrogen and oxygen atoms in total. The Morgan fingerprint density at radius 3 is 2.57 bits per heavy atom. The van der Waals surface area contributed by atoms with Gasteiger partial charge in [0.2, 0.25) is 5.91 Å². The van der Waals surface area contributed by atoms with Crippen LogP contribution in [0.15, 0.2) is 53.4 Å². The summed E-state index contributed by atoms with van der Waals surface area (Å²) in [5, 5.41) is 0.229. The Kier molecular flexibility index (Phi) is 6.85. The first-order chi connectivity index (χ1) is 14.3. The van der Waals surface area contributed by atoms with Gasteiger partial charge in [0, 0.05) is 5.56 Å². The van der Waals surface area contributed by atoms with Crippen molar-refractivity contribution >= 4 is 56.8 Å². The molecule has 0 radical (unpaired) electrons. The third kappa shape index (κ3) is 5.43. The maximum Gasteiger partial charge on any atom is 0.269 e. The molecule has 0 bridgehead atoms. The maximum atomic E-state index is 12.6. The van der Waals surface area contributed by atoms with E-state index in [2.05, 4.69) is 15.6 Å². The van der Waals surface area contributed by atoms with Gasteiger partial charge in [-0.15, -0.1) is 11.8 Å². The number of para-hydroxylation sites is 1. The molecule has 0 unspecified atom stereocenters. The number of benzene rings is 2. The van der Waals surface area contributed by atoms with Gasteiger partial charge >= 0.3 is 0 Å². The molecule has 158 valence electrons. The van der Waals surface area contributed by atoms with E-state index < -0.39 is 21.8 Å². The molecule has 3 rings (SSSR count). The van der Waals surface area contributed by atoms with E-state index >= 15 is 0 Å². The first-order valence-corrected chi connectivity index (χ1v) is 11.6. The molecule has 2 aromatic carbocycles. The van der Waals surface area contributed by atoms with Crippen LogP contribution in [0.1, 0.15) is 10.4 Å². The molecule has 2 aromatic rings. The zero-order valence-electron chi connectivity index (χ0n) is 15.4. The number of sulfonamides is 1. The molecule has 12 heteroatoms. The van der Waals surface area contributed by atoms with Gasteiger partial charge in [-0.1, -0.05) is 29.8 Å². The average Bonchev–Trinajstić information content (AvgIpc) is 3.12. The zero-order chi connectivity index (χ0) is 21.7. The number of carbonyl (C=O) groups is 3. The van der Waals surface area contributed by atoms with Crippen molar-refractivity contribution in [2.24, 2.45) is 0 Å². The largest absolute Gasteiger partial charge is 0.323 e. The number of anilines is 1. The van der Waals surface area contributed by atoms with Gasteiger partial charge in [0.1, 0.15) is 6.54 Å². The van der Waals surface area contributed by atoms with Crippen LogP contribution in [0.2, 0.25) is 5.02 Å². The van der Waals surface area contributed by atoms with Crippen LogP contribution in [0, 0.1) is 0 Å². The van der Waals surface area contributed by atoms with Crippen LogP contribution in [-0.2, 0) is 19.6 Å². The number of nitrogens with one attached hydrogen (secondary N) is 3. The van der Waals surface area contributed by atoms with Crippen LogP contribution in [-0.4, -0.2) is 49.2 Å². The summed E-state index contributed by atoms with van der Waals surface area (Å²) < 4.78 is 27.6. The van der Waals surface area contributed by atoms with Crippen molar-refractivity contribution < 1.29 is 22.8 Å².